The third kappa shape index (κ3) is 5.22. The van der Waals surface area contributed by atoms with E-state index in [9.17, 15) is 17.6 Å². The van der Waals surface area contributed by atoms with Crippen molar-refractivity contribution in [2.45, 2.75) is 44.1 Å². The normalized spacial score (nSPS) is 16.8. The van der Waals surface area contributed by atoms with Crippen LogP contribution in [0.15, 0.2) is 54.2 Å². The van der Waals surface area contributed by atoms with Gasteiger partial charge in [-0.25, -0.2) is 4.39 Å². The van der Waals surface area contributed by atoms with Crippen LogP contribution >= 0.6 is 0 Å². The number of halogens is 4. The van der Waals surface area contributed by atoms with E-state index >= 15 is 0 Å². The number of benzene rings is 2. The summed E-state index contributed by atoms with van der Waals surface area (Å²) in [7, 11) is -0.325. The lowest BCUT2D eigenvalue weighted by Crippen LogP contribution is -2.18. The third-order valence-electron chi connectivity index (χ3n) is 4.90. The molecule has 1 aliphatic heterocycles. The highest BCUT2D eigenvalue weighted by Crippen LogP contribution is 2.35. The van der Waals surface area contributed by atoms with Crippen LogP contribution < -0.4 is 4.74 Å². The number of hydrogen-bond donors (Lipinski definition) is 0. The van der Waals surface area contributed by atoms with E-state index in [0.29, 0.717) is 11.5 Å². The van der Waals surface area contributed by atoms with Crippen molar-refractivity contribution in [1.29, 1.82) is 0 Å². The predicted octanol–water partition coefficient (Wildman–Crippen LogP) is 6.88. The first kappa shape index (κ1) is 19.7. The monoisotopic (exact) mass is 393 g/mol. The largest absolute Gasteiger partial charge is 0.573 e. The zero-order valence-electron chi connectivity index (χ0n) is 15.0. The number of alkyl halides is 3. The number of ether oxygens (including phenoxy) is 1. The Morgan fingerprint density at radius 2 is 1.63 bits per heavy atom. The van der Waals surface area contributed by atoms with Crippen LogP contribution in [0.5, 0.6) is 5.75 Å². The molecule has 3 rings (SSSR count). The van der Waals surface area contributed by atoms with Gasteiger partial charge in [0, 0.05) is 0 Å². The average molecular weight is 393 g/mol. The Morgan fingerprint density at radius 3 is 2.19 bits per heavy atom. The molecule has 2 aromatic rings. The third-order valence-corrected chi connectivity index (χ3v) is 7.57. The lowest BCUT2D eigenvalue weighted by Gasteiger charge is -2.26. The van der Waals surface area contributed by atoms with Gasteiger partial charge in [0.1, 0.15) is 0 Å². The molecule has 0 atom stereocenters. The molecule has 1 radical (unpaired) electrons. The summed E-state index contributed by atoms with van der Waals surface area (Å²) in [6.07, 6.45) is -0.363. The minimum Gasteiger partial charge on any atom is -0.403 e. The molecule has 2 aromatic carbocycles. The Morgan fingerprint density at radius 1 is 1.00 bits per heavy atom. The van der Waals surface area contributed by atoms with Gasteiger partial charge in [-0.15, -0.1) is 18.9 Å². The van der Waals surface area contributed by atoms with Crippen molar-refractivity contribution < 1.29 is 22.3 Å². The lowest BCUT2D eigenvalue weighted by atomic mass is 9.92. The maximum atomic E-state index is 13.9. The first-order valence-electron chi connectivity index (χ1n) is 8.99. The van der Waals surface area contributed by atoms with E-state index < -0.39 is 17.9 Å². The standard InChI is InChI=1S/C21H21F4OSi/c1-2-11-27-12-9-17(10-13-27)15-3-5-16(6-4-15)18-7-8-20(19(22)14-18)26-21(23,24)25/h2-8,11,14,17H,9-10,12-13H2,1H3/b11-2-. The van der Waals surface area contributed by atoms with Crippen molar-refractivity contribution in [2.75, 3.05) is 0 Å². The van der Waals surface area contributed by atoms with Gasteiger partial charge in [-0.1, -0.05) is 48.5 Å². The van der Waals surface area contributed by atoms with E-state index in [0.717, 1.165) is 17.7 Å². The average Bonchev–Trinajstić information content (AvgIpc) is 2.63. The SMILES string of the molecule is C/C=C\[Si]1CCC(c2ccc(-c3ccc(OC(F)(F)F)c(F)c3)cc2)CC1. The molecule has 1 saturated heterocycles. The van der Waals surface area contributed by atoms with Gasteiger partial charge in [0.25, 0.3) is 0 Å². The Labute approximate surface area is 158 Å². The van der Waals surface area contributed by atoms with Crippen LogP contribution in [-0.2, 0) is 0 Å². The highest BCUT2D eigenvalue weighted by atomic mass is 28.3. The number of rotatable bonds is 4. The summed E-state index contributed by atoms with van der Waals surface area (Å²) in [5.74, 6) is -1.29. The second-order valence-corrected chi connectivity index (χ2v) is 9.40. The van der Waals surface area contributed by atoms with E-state index in [1.807, 2.05) is 24.3 Å². The quantitative estimate of drug-likeness (QED) is 0.406. The van der Waals surface area contributed by atoms with Crippen molar-refractivity contribution in [3.63, 3.8) is 0 Å². The van der Waals surface area contributed by atoms with Gasteiger partial charge < -0.3 is 4.74 Å². The first-order valence-corrected chi connectivity index (χ1v) is 11.0. The molecule has 6 heteroatoms. The van der Waals surface area contributed by atoms with Gasteiger partial charge in [-0.3, -0.25) is 0 Å². The molecule has 0 spiro atoms. The Kier molecular flexibility index (Phi) is 6.04. The fraction of sp³-hybridized carbons (Fsp3) is 0.333. The fourth-order valence-electron chi connectivity index (χ4n) is 3.56. The summed E-state index contributed by atoms with van der Waals surface area (Å²) in [6.45, 7) is 2.08. The molecule has 0 unspecified atom stereocenters. The number of hydrogen-bond acceptors (Lipinski definition) is 1. The van der Waals surface area contributed by atoms with E-state index in [2.05, 4.69) is 23.4 Å². The number of allylic oxidation sites excluding steroid dienone is 1. The molecule has 143 valence electrons. The molecule has 1 nitrogen and oxygen atoms in total. The highest BCUT2D eigenvalue weighted by molar-refractivity contribution is 6.64. The molecule has 0 amide bonds. The summed E-state index contributed by atoms with van der Waals surface area (Å²) >= 11 is 0. The van der Waals surface area contributed by atoms with Crippen LogP contribution in [0.1, 0.15) is 31.2 Å². The molecular formula is C21H21F4OSi. The van der Waals surface area contributed by atoms with E-state index in [4.69, 9.17) is 0 Å². The summed E-state index contributed by atoms with van der Waals surface area (Å²) < 4.78 is 54.3. The molecule has 0 aromatic heterocycles. The van der Waals surface area contributed by atoms with Crippen molar-refractivity contribution in [3.8, 4) is 16.9 Å². The molecule has 27 heavy (non-hydrogen) atoms. The Bertz CT molecular complexity index is 791. The Balaban J connectivity index is 1.70. The van der Waals surface area contributed by atoms with Crippen LogP contribution in [-0.4, -0.2) is 15.2 Å². The van der Waals surface area contributed by atoms with Gasteiger partial charge in [0.2, 0.25) is 0 Å². The zero-order valence-corrected chi connectivity index (χ0v) is 16.0. The van der Waals surface area contributed by atoms with Crippen molar-refractivity contribution in [1.82, 2.24) is 0 Å². The second-order valence-electron chi connectivity index (χ2n) is 6.75. The second kappa shape index (κ2) is 8.29. The predicted molar refractivity (Wildman–Crippen MR) is 101 cm³/mol. The summed E-state index contributed by atoms with van der Waals surface area (Å²) in [6, 6.07) is 14.0. The molecule has 1 aliphatic rings. The van der Waals surface area contributed by atoms with Gasteiger partial charge >= 0.3 is 6.36 Å². The van der Waals surface area contributed by atoms with Gasteiger partial charge in [0.05, 0.1) is 8.80 Å². The van der Waals surface area contributed by atoms with E-state index in [1.54, 1.807) is 0 Å². The van der Waals surface area contributed by atoms with Crippen LogP contribution in [0.3, 0.4) is 0 Å². The molecule has 0 aliphatic carbocycles. The maximum absolute atomic E-state index is 13.9. The fourth-order valence-corrected chi connectivity index (χ4v) is 6.05. The van der Waals surface area contributed by atoms with Gasteiger partial charge in [-0.2, -0.15) is 0 Å². The molecule has 0 saturated carbocycles. The van der Waals surface area contributed by atoms with Crippen molar-refractivity contribution >= 4 is 8.80 Å². The smallest absolute Gasteiger partial charge is 0.403 e. The van der Waals surface area contributed by atoms with Crippen LogP contribution in [0, 0.1) is 5.82 Å². The minimum absolute atomic E-state index is 0.325. The van der Waals surface area contributed by atoms with Crippen molar-refractivity contribution in [3.05, 3.63) is 65.6 Å². The van der Waals surface area contributed by atoms with E-state index in [-0.39, 0.29) is 8.80 Å². The zero-order chi connectivity index (χ0) is 19.4. The highest BCUT2D eigenvalue weighted by Gasteiger charge is 2.32. The molecule has 1 fully saturated rings. The lowest BCUT2D eigenvalue weighted by molar-refractivity contribution is -0.275. The van der Waals surface area contributed by atoms with Crippen LogP contribution in [0.2, 0.25) is 12.1 Å². The Hall–Kier alpha value is -2.08. The van der Waals surface area contributed by atoms with Gasteiger partial charge in [0.15, 0.2) is 11.6 Å². The first-order chi connectivity index (χ1) is 12.9. The molecule has 0 bridgehead atoms. The van der Waals surface area contributed by atoms with Crippen LogP contribution in [0.4, 0.5) is 17.6 Å². The summed E-state index contributed by atoms with van der Waals surface area (Å²) in [5.41, 5.74) is 4.95. The summed E-state index contributed by atoms with van der Waals surface area (Å²) in [5, 5.41) is 0. The molecule has 0 N–H and O–H groups in total. The molecule has 1 heterocycles. The minimum atomic E-state index is -4.90. The maximum Gasteiger partial charge on any atom is 0.573 e. The van der Waals surface area contributed by atoms with Crippen LogP contribution in [0.25, 0.3) is 11.1 Å². The topological polar surface area (TPSA) is 9.23 Å². The molecular weight excluding hydrogens is 372 g/mol. The van der Waals surface area contributed by atoms with Crippen molar-refractivity contribution in [2.24, 2.45) is 0 Å². The van der Waals surface area contributed by atoms with E-state index in [1.165, 1.54) is 36.6 Å². The van der Waals surface area contributed by atoms with Gasteiger partial charge in [-0.05, 0) is 54.5 Å². The summed E-state index contributed by atoms with van der Waals surface area (Å²) in [4.78, 5) is 0.